The summed E-state index contributed by atoms with van der Waals surface area (Å²) in [5.74, 6) is 0.00908. The second-order valence-electron chi connectivity index (χ2n) is 19.6. The first-order valence-electron chi connectivity index (χ1n) is 25.1. The van der Waals surface area contributed by atoms with Crippen molar-refractivity contribution < 1.29 is 43.3 Å². The van der Waals surface area contributed by atoms with E-state index < -0.39 is 23.5 Å². The molecule has 2 fully saturated rings. The number of ketones is 1. The van der Waals surface area contributed by atoms with Crippen LogP contribution in [0.3, 0.4) is 0 Å². The van der Waals surface area contributed by atoms with Gasteiger partial charge in [0.2, 0.25) is 17.7 Å². The minimum Gasteiger partial charge on any atom is -0.391 e. The Balaban J connectivity index is 0.736. The Morgan fingerprint density at radius 2 is 1.57 bits per heavy atom. The van der Waals surface area contributed by atoms with Crippen molar-refractivity contribution in [3.63, 3.8) is 0 Å². The molecule has 2 aromatic carbocycles. The van der Waals surface area contributed by atoms with E-state index in [2.05, 4.69) is 40.8 Å². The molecule has 0 spiro atoms. The van der Waals surface area contributed by atoms with Gasteiger partial charge in [0.25, 0.3) is 5.91 Å². The van der Waals surface area contributed by atoms with Gasteiger partial charge in [-0.15, -0.1) is 11.3 Å². The van der Waals surface area contributed by atoms with Crippen molar-refractivity contribution in [2.75, 3.05) is 87.9 Å². The van der Waals surface area contributed by atoms with Crippen LogP contribution in [0.2, 0.25) is 5.02 Å². The van der Waals surface area contributed by atoms with Gasteiger partial charge in [-0.1, -0.05) is 80.1 Å². The molecule has 2 aliphatic heterocycles. The molecule has 0 saturated carbocycles. The van der Waals surface area contributed by atoms with Crippen molar-refractivity contribution in [2.45, 2.75) is 85.9 Å². The second-order valence-corrected chi connectivity index (χ2v) is 21.9. The summed E-state index contributed by atoms with van der Waals surface area (Å²) in [6, 6.07) is 14.3. The van der Waals surface area contributed by atoms with Crippen molar-refractivity contribution in [3.8, 4) is 10.4 Å². The van der Waals surface area contributed by atoms with E-state index >= 15 is 0 Å². The molecule has 0 bridgehead atoms. The molecule has 7 rings (SSSR count). The molecule has 0 aliphatic carbocycles. The Morgan fingerprint density at radius 3 is 2.24 bits per heavy atom. The van der Waals surface area contributed by atoms with E-state index in [-0.39, 0.29) is 88.0 Å². The first-order chi connectivity index (χ1) is 35.9. The van der Waals surface area contributed by atoms with Crippen molar-refractivity contribution in [1.29, 1.82) is 0 Å². The fraction of sp³-hybridized carbons (Fsp3) is 0.491. The summed E-state index contributed by atoms with van der Waals surface area (Å²) in [5.41, 5.74) is 5.56. The van der Waals surface area contributed by atoms with Gasteiger partial charge in [0, 0.05) is 70.5 Å². The zero-order chi connectivity index (χ0) is 53.6. The number of benzene rings is 2. The number of aromatic nitrogens is 4. The maximum atomic E-state index is 14.0. The van der Waals surface area contributed by atoms with Crippen LogP contribution in [-0.4, -0.2) is 149 Å². The maximum Gasteiger partial charge on any atom is 0.267 e. The zero-order valence-corrected chi connectivity index (χ0v) is 45.7. The lowest BCUT2D eigenvalue weighted by molar-refractivity contribution is -0.146. The first-order valence-corrected chi connectivity index (χ1v) is 27.2. The van der Waals surface area contributed by atoms with Crippen molar-refractivity contribution in [3.05, 3.63) is 92.8 Å². The molecule has 19 nitrogen and oxygen atoms in total. The minimum atomic E-state index is -0.848. The summed E-state index contributed by atoms with van der Waals surface area (Å²) in [6.07, 6.45) is 1.12. The standard InChI is InChI=1S/C53H67ClN10O9S2/c1-33-8-7-9-41(54)47(33)61-50(69)43-30-56-52(75-43)60-44-28-45(59-35(3)58-44)62-16-18-63(19-17-62)46(67)15-21-72-23-25-73-24-22-71-20-14-38(65)26-40(53(4,5)6)51(70)64-31-39(66)27-42(64)49(68)55-29-36-10-12-37(13-11-36)48-34(2)57-32-74-48/h7-13,28,30,32,39-40,42,66H,14-27,29,31H2,1-6H3,(H,55,68)(H,61,69)(H,56,58,59,60)/t39-,40-,42+/m1/s1. The average molecular weight is 1090 g/mol. The lowest BCUT2D eigenvalue weighted by atomic mass is 9.76. The molecule has 0 radical (unpaired) electrons. The molecular formula is C53H67ClN10O9S2. The van der Waals surface area contributed by atoms with Crippen LogP contribution in [0.25, 0.3) is 10.4 Å². The van der Waals surface area contributed by atoms with Gasteiger partial charge in [-0.25, -0.2) is 19.9 Å². The number of aliphatic hydroxyl groups excluding tert-OH is 1. The number of ether oxygens (including phenoxy) is 3. The topological polar surface area (TPSA) is 231 Å². The minimum absolute atomic E-state index is 0.00442. The summed E-state index contributed by atoms with van der Waals surface area (Å²) in [5, 5.41) is 20.5. The van der Waals surface area contributed by atoms with Crippen molar-refractivity contribution in [2.24, 2.45) is 11.3 Å². The first kappa shape index (κ1) is 56.8. The monoisotopic (exact) mass is 1090 g/mol. The predicted molar refractivity (Wildman–Crippen MR) is 290 cm³/mol. The van der Waals surface area contributed by atoms with Crippen LogP contribution in [-0.2, 0) is 39.9 Å². The molecule has 2 aliphatic rings. The number of thiazole rings is 2. The zero-order valence-electron chi connectivity index (χ0n) is 43.4. The van der Waals surface area contributed by atoms with E-state index in [0.717, 1.165) is 33.1 Å². The maximum absolute atomic E-state index is 14.0. The molecule has 4 N–H and O–H groups in total. The highest BCUT2D eigenvalue weighted by Gasteiger charge is 2.44. The molecule has 5 aromatic rings. The molecule has 22 heteroatoms. The number of anilines is 4. The number of aliphatic hydroxyl groups is 1. The Labute approximate surface area is 450 Å². The number of para-hydroxylation sites is 1. The third-order valence-electron chi connectivity index (χ3n) is 13.0. The van der Waals surface area contributed by atoms with Crippen LogP contribution in [0.5, 0.6) is 0 Å². The van der Waals surface area contributed by atoms with Crippen LogP contribution in [0.15, 0.2) is 60.2 Å². The van der Waals surface area contributed by atoms with Gasteiger partial charge in [0.05, 0.1) is 85.2 Å². The van der Waals surface area contributed by atoms with Gasteiger partial charge >= 0.3 is 0 Å². The molecule has 3 aromatic heterocycles. The highest BCUT2D eigenvalue weighted by atomic mass is 35.5. The Kier molecular flexibility index (Phi) is 20.2. The molecule has 75 heavy (non-hydrogen) atoms. The number of amides is 4. The number of likely N-dealkylation sites (tertiary alicyclic amines) is 1. The number of β-amino-alcohol motifs (C(OH)–C–C–N with tert-alkyl or cyclic N) is 1. The molecule has 3 atom stereocenters. The van der Waals surface area contributed by atoms with E-state index in [1.807, 2.05) is 87.5 Å². The molecular weight excluding hydrogens is 1020 g/mol. The Bertz CT molecular complexity index is 2740. The number of hydrogen-bond donors (Lipinski definition) is 4. The van der Waals surface area contributed by atoms with Gasteiger partial charge in [0.1, 0.15) is 34.2 Å². The van der Waals surface area contributed by atoms with Crippen LogP contribution in [0, 0.1) is 32.1 Å². The quantitative estimate of drug-likeness (QED) is 0.0456. The normalized spacial score (nSPS) is 16.2. The van der Waals surface area contributed by atoms with Gasteiger partial charge in [0.15, 0.2) is 5.13 Å². The SMILES string of the molecule is Cc1nc(Nc2ncc(C(=O)Nc3c(C)cccc3Cl)s2)cc(N2CCN(C(=O)CCOCCOCCOCCC(=O)C[C@H](C(=O)N3C[C@H](O)C[C@H]3C(=O)NCc3ccc(-c4scnc4C)cc3)C(C)(C)C)CC2)n1. The van der Waals surface area contributed by atoms with Crippen LogP contribution in [0.1, 0.15) is 78.8 Å². The fourth-order valence-corrected chi connectivity index (χ4v) is 10.6. The number of carbonyl (C=O) groups is 5. The second kappa shape index (κ2) is 26.7. The lowest BCUT2D eigenvalue weighted by Crippen LogP contribution is -2.50. The Hall–Kier alpha value is -5.94. The molecule has 402 valence electrons. The number of halogens is 1. The van der Waals surface area contributed by atoms with Gasteiger partial charge in [-0.3, -0.25) is 24.0 Å². The largest absolute Gasteiger partial charge is 0.391 e. The summed E-state index contributed by atoms with van der Waals surface area (Å²) in [7, 11) is 0. The molecule has 5 heterocycles. The predicted octanol–water partition coefficient (Wildman–Crippen LogP) is 7.01. The number of hydrogen-bond acceptors (Lipinski definition) is 17. The number of aryl methyl sites for hydroxylation is 3. The lowest BCUT2D eigenvalue weighted by Gasteiger charge is -2.35. The van der Waals surface area contributed by atoms with Crippen LogP contribution >= 0.6 is 34.3 Å². The highest BCUT2D eigenvalue weighted by molar-refractivity contribution is 7.17. The van der Waals surface area contributed by atoms with Crippen LogP contribution in [0.4, 0.5) is 22.5 Å². The van der Waals surface area contributed by atoms with Crippen molar-refractivity contribution >= 4 is 86.1 Å². The number of nitrogens with zero attached hydrogens (tertiary/aromatic N) is 7. The van der Waals surface area contributed by atoms with E-state index in [1.54, 1.807) is 24.3 Å². The number of Topliss-reactive ketones (excluding diaryl/α,β-unsaturated/α-hetero) is 1. The fourth-order valence-electron chi connectivity index (χ4n) is 8.78. The summed E-state index contributed by atoms with van der Waals surface area (Å²) in [6.45, 7) is 15.5. The van der Waals surface area contributed by atoms with E-state index in [4.69, 9.17) is 25.8 Å². The number of nitrogens with one attached hydrogen (secondary N) is 3. The summed E-state index contributed by atoms with van der Waals surface area (Å²) >= 11 is 9.06. The van der Waals surface area contributed by atoms with E-state index in [1.165, 1.54) is 22.4 Å². The van der Waals surface area contributed by atoms with Crippen LogP contribution < -0.4 is 20.9 Å². The van der Waals surface area contributed by atoms with Gasteiger partial charge in [-0.05, 0) is 48.9 Å². The summed E-state index contributed by atoms with van der Waals surface area (Å²) in [4.78, 5) is 91.3. The Morgan fingerprint density at radius 1 is 0.880 bits per heavy atom. The molecule has 0 unspecified atom stereocenters. The number of piperazine rings is 1. The van der Waals surface area contributed by atoms with E-state index in [0.29, 0.717) is 78.4 Å². The number of rotatable bonds is 24. The van der Waals surface area contributed by atoms with E-state index in [9.17, 15) is 29.1 Å². The van der Waals surface area contributed by atoms with Crippen molar-refractivity contribution in [1.82, 2.24) is 35.1 Å². The highest BCUT2D eigenvalue weighted by Crippen LogP contribution is 2.34. The average Bonchev–Trinajstić information content (AvgIpc) is 4.14. The van der Waals surface area contributed by atoms with Gasteiger partial charge < -0.3 is 50.0 Å². The number of carbonyl (C=O) groups excluding carboxylic acids is 5. The summed E-state index contributed by atoms with van der Waals surface area (Å²) < 4.78 is 17.0. The molecule has 2 saturated heterocycles. The third kappa shape index (κ3) is 16.0. The smallest absolute Gasteiger partial charge is 0.267 e. The third-order valence-corrected chi connectivity index (χ3v) is 15.2. The van der Waals surface area contributed by atoms with Gasteiger partial charge in [-0.2, -0.15) is 0 Å². The molecule has 4 amide bonds.